The first kappa shape index (κ1) is 11.6. The highest BCUT2D eigenvalue weighted by Crippen LogP contribution is 2.19. The second-order valence-electron chi connectivity index (χ2n) is 5.07. The molecular formula is C12H15N3O2. The molecule has 0 unspecified atom stereocenters. The number of aromatic nitrogens is 3. The predicted molar refractivity (Wildman–Crippen MR) is 63.0 cm³/mol. The van der Waals surface area contributed by atoms with E-state index in [4.69, 9.17) is 5.11 Å². The summed E-state index contributed by atoms with van der Waals surface area (Å²) in [6.45, 7) is 6.24. The van der Waals surface area contributed by atoms with Gasteiger partial charge in [0.15, 0.2) is 5.65 Å². The van der Waals surface area contributed by atoms with Gasteiger partial charge in [-0.25, -0.2) is 9.50 Å². The molecule has 17 heavy (non-hydrogen) atoms. The van der Waals surface area contributed by atoms with E-state index >= 15 is 0 Å². The van der Waals surface area contributed by atoms with Crippen LogP contribution in [0.15, 0.2) is 18.3 Å². The first-order valence-corrected chi connectivity index (χ1v) is 5.44. The lowest BCUT2D eigenvalue weighted by Gasteiger charge is -2.16. The van der Waals surface area contributed by atoms with E-state index in [1.165, 1.54) is 0 Å². The summed E-state index contributed by atoms with van der Waals surface area (Å²) in [5.41, 5.74) is 2.11. The van der Waals surface area contributed by atoms with E-state index in [-0.39, 0.29) is 11.8 Å². The van der Waals surface area contributed by atoms with Crippen molar-refractivity contribution in [2.45, 2.75) is 32.6 Å². The molecule has 0 bridgehead atoms. The third-order valence-electron chi connectivity index (χ3n) is 2.47. The van der Waals surface area contributed by atoms with E-state index in [0.29, 0.717) is 11.3 Å². The number of imidazole rings is 1. The van der Waals surface area contributed by atoms with Crippen molar-refractivity contribution >= 4 is 11.6 Å². The second-order valence-corrected chi connectivity index (χ2v) is 5.07. The van der Waals surface area contributed by atoms with Gasteiger partial charge in [-0.3, -0.25) is 4.79 Å². The molecule has 0 spiro atoms. The number of carboxylic acid groups (broad SMARTS) is 1. The van der Waals surface area contributed by atoms with Gasteiger partial charge in [0.05, 0.1) is 24.0 Å². The SMILES string of the molecule is CC(C)(C)c1ccc2nc(CC(=O)O)cn2n1. The smallest absolute Gasteiger partial charge is 0.309 e. The van der Waals surface area contributed by atoms with Crippen LogP contribution in [0.25, 0.3) is 5.65 Å². The quantitative estimate of drug-likeness (QED) is 0.856. The molecule has 0 aliphatic rings. The number of fused-ring (bicyclic) bond motifs is 1. The highest BCUT2D eigenvalue weighted by Gasteiger charge is 2.16. The monoisotopic (exact) mass is 233 g/mol. The second kappa shape index (κ2) is 3.84. The zero-order valence-electron chi connectivity index (χ0n) is 10.1. The summed E-state index contributed by atoms with van der Waals surface area (Å²) in [6.07, 6.45) is 1.59. The van der Waals surface area contributed by atoms with Crippen molar-refractivity contribution in [1.82, 2.24) is 14.6 Å². The molecule has 0 radical (unpaired) electrons. The lowest BCUT2D eigenvalue weighted by molar-refractivity contribution is -0.136. The first-order chi connectivity index (χ1) is 7.86. The van der Waals surface area contributed by atoms with E-state index in [9.17, 15) is 4.79 Å². The fourth-order valence-corrected chi connectivity index (χ4v) is 1.57. The minimum atomic E-state index is -0.885. The molecule has 0 aliphatic carbocycles. The van der Waals surface area contributed by atoms with Crippen molar-refractivity contribution in [3.8, 4) is 0 Å². The Bertz CT molecular complexity index is 567. The summed E-state index contributed by atoms with van der Waals surface area (Å²) in [4.78, 5) is 14.8. The Labute approximate surface area is 99.1 Å². The fourth-order valence-electron chi connectivity index (χ4n) is 1.57. The van der Waals surface area contributed by atoms with Gasteiger partial charge in [-0.05, 0) is 12.1 Å². The maximum absolute atomic E-state index is 10.6. The Morgan fingerprint density at radius 2 is 2.12 bits per heavy atom. The van der Waals surface area contributed by atoms with E-state index in [2.05, 4.69) is 30.9 Å². The topological polar surface area (TPSA) is 67.5 Å². The average molecular weight is 233 g/mol. The third kappa shape index (κ3) is 2.43. The summed E-state index contributed by atoms with van der Waals surface area (Å²) in [5.74, 6) is -0.885. The zero-order chi connectivity index (χ0) is 12.6. The van der Waals surface area contributed by atoms with Crippen molar-refractivity contribution in [1.29, 1.82) is 0 Å². The van der Waals surface area contributed by atoms with E-state index < -0.39 is 5.97 Å². The van der Waals surface area contributed by atoms with Crippen molar-refractivity contribution in [2.75, 3.05) is 0 Å². The highest BCUT2D eigenvalue weighted by molar-refractivity contribution is 5.69. The molecule has 2 rings (SSSR count). The standard InChI is InChI=1S/C12H15N3O2/c1-12(2,3)9-4-5-10-13-8(6-11(16)17)7-15(10)14-9/h4-5,7H,6H2,1-3H3,(H,16,17). The maximum Gasteiger partial charge on any atom is 0.309 e. The predicted octanol–water partition coefficient (Wildman–Crippen LogP) is 1.65. The van der Waals surface area contributed by atoms with Gasteiger partial charge in [0.1, 0.15) is 0 Å². The number of hydrogen-bond acceptors (Lipinski definition) is 3. The lowest BCUT2D eigenvalue weighted by Crippen LogP contribution is -2.15. The molecule has 5 nitrogen and oxygen atoms in total. The Morgan fingerprint density at radius 1 is 1.41 bits per heavy atom. The number of hydrogen-bond donors (Lipinski definition) is 1. The van der Waals surface area contributed by atoms with Crippen LogP contribution in [0.4, 0.5) is 0 Å². The summed E-state index contributed by atoms with van der Waals surface area (Å²) < 4.78 is 1.64. The normalized spacial score (nSPS) is 11.9. The molecule has 0 amide bonds. The molecule has 2 heterocycles. The Morgan fingerprint density at radius 3 is 2.71 bits per heavy atom. The summed E-state index contributed by atoms with van der Waals surface area (Å²) in [7, 11) is 0. The van der Waals surface area contributed by atoms with Gasteiger partial charge in [0.25, 0.3) is 0 Å². The van der Waals surface area contributed by atoms with E-state index in [1.54, 1.807) is 10.7 Å². The summed E-state index contributed by atoms with van der Waals surface area (Å²) in [5, 5.41) is 13.1. The van der Waals surface area contributed by atoms with E-state index in [1.807, 2.05) is 12.1 Å². The van der Waals surface area contributed by atoms with Gasteiger partial charge in [-0.15, -0.1) is 0 Å². The van der Waals surface area contributed by atoms with Crippen LogP contribution in [0.1, 0.15) is 32.2 Å². The maximum atomic E-state index is 10.6. The average Bonchev–Trinajstić information content (AvgIpc) is 2.55. The fraction of sp³-hybridized carbons (Fsp3) is 0.417. The Balaban J connectivity index is 2.44. The molecule has 90 valence electrons. The van der Waals surface area contributed by atoms with Crippen molar-refractivity contribution in [3.63, 3.8) is 0 Å². The molecule has 0 saturated carbocycles. The molecule has 2 aromatic rings. The minimum absolute atomic E-state index is 0.0363. The Kier molecular flexibility index (Phi) is 2.61. The summed E-state index contributed by atoms with van der Waals surface area (Å²) in [6, 6.07) is 3.78. The van der Waals surface area contributed by atoms with Gasteiger partial charge >= 0.3 is 5.97 Å². The lowest BCUT2D eigenvalue weighted by atomic mass is 9.92. The van der Waals surface area contributed by atoms with Crippen molar-refractivity contribution < 1.29 is 9.90 Å². The van der Waals surface area contributed by atoms with Gasteiger partial charge in [-0.2, -0.15) is 5.10 Å². The summed E-state index contributed by atoms with van der Waals surface area (Å²) >= 11 is 0. The van der Waals surface area contributed by atoms with Crippen LogP contribution in [0.5, 0.6) is 0 Å². The van der Waals surface area contributed by atoms with Gasteiger partial charge in [0.2, 0.25) is 0 Å². The third-order valence-corrected chi connectivity index (χ3v) is 2.47. The molecule has 0 atom stereocenters. The highest BCUT2D eigenvalue weighted by atomic mass is 16.4. The van der Waals surface area contributed by atoms with Crippen molar-refractivity contribution in [3.05, 3.63) is 29.7 Å². The van der Waals surface area contributed by atoms with Crippen LogP contribution in [0.2, 0.25) is 0 Å². The number of rotatable bonds is 2. The Hall–Kier alpha value is -1.91. The van der Waals surface area contributed by atoms with Crippen LogP contribution < -0.4 is 0 Å². The van der Waals surface area contributed by atoms with Gasteiger partial charge in [-0.1, -0.05) is 20.8 Å². The van der Waals surface area contributed by atoms with Crippen LogP contribution in [-0.4, -0.2) is 25.7 Å². The molecule has 0 aromatic carbocycles. The van der Waals surface area contributed by atoms with Crippen LogP contribution >= 0.6 is 0 Å². The molecule has 0 saturated heterocycles. The van der Waals surface area contributed by atoms with E-state index in [0.717, 1.165) is 5.69 Å². The van der Waals surface area contributed by atoms with Crippen LogP contribution in [0, 0.1) is 0 Å². The number of carboxylic acids is 1. The molecule has 5 heteroatoms. The van der Waals surface area contributed by atoms with Gasteiger partial charge < -0.3 is 5.11 Å². The number of nitrogens with zero attached hydrogens (tertiary/aromatic N) is 3. The molecule has 2 aromatic heterocycles. The molecule has 0 fully saturated rings. The van der Waals surface area contributed by atoms with Crippen molar-refractivity contribution in [2.24, 2.45) is 0 Å². The minimum Gasteiger partial charge on any atom is -0.481 e. The molecule has 1 N–H and O–H groups in total. The molecule has 0 aliphatic heterocycles. The van der Waals surface area contributed by atoms with Gasteiger partial charge in [0, 0.05) is 5.41 Å². The van der Waals surface area contributed by atoms with Crippen LogP contribution in [-0.2, 0) is 16.6 Å². The first-order valence-electron chi connectivity index (χ1n) is 5.44. The zero-order valence-corrected chi connectivity index (χ0v) is 10.1. The van der Waals surface area contributed by atoms with Crippen LogP contribution in [0.3, 0.4) is 0 Å². The largest absolute Gasteiger partial charge is 0.481 e. The number of carbonyl (C=O) groups is 1. The number of aliphatic carboxylic acids is 1. The molecular weight excluding hydrogens is 218 g/mol.